The van der Waals surface area contributed by atoms with E-state index in [9.17, 15) is 37.5 Å². The Morgan fingerprint density at radius 3 is 2.38 bits per heavy atom. The molecule has 0 spiro atoms. The number of hydrogen-bond acceptors (Lipinski definition) is 11. The fourth-order valence-electron chi connectivity index (χ4n) is 5.51. The van der Waals surface area contributed by atoms with Gasteiger partial charge in [0.05, 0.1) is 31.9 Å². The van der Waals surface area contributed by atoms with Gasteiger partial charge in [-0.05, 0) is 31.9 Å². The molecule has 9 N–H and O–H groups in total. The van der Waals surface area contributed by atoms with Crippen molar-refractivity contribution in [3.63, 3.8) is 0 Å². The van der Waals surface area contributed by atoms with Gasteiger partial charge in [-0.15, -0.1) is 0 Å². The first kappa shape index (κ1) is 41.9. The number of carboxylic acid groups (broad SMARTS) is 1. The molecule has 0 aromatic heterocycles. The van der Waals surface area contributed by atoms with Gasteiger partial charge in [-0.1, -0.05) is 50.6 Å². The summed E-state index contributed by atoms with van der Waals surface area (Å²) in [6.45, 7) is 3.42. The zero-order valence-corrected chi connectivity index (χ0v) is 30.1. The molecule has 0 radical (unpaired) electrons. The lowest BCUT2D eigenvalue weighted by Crippen LogP contribution is -2.56. The number of rotatable bonds is 8. The van der Waals surface area contributed by atoms with Gasteiger partial charge in [-0.3, -0.25) is 19.2 Å². The standard InChI is InChI=1S/C29H45N9O8S.C3H8/c1-32-14-25(39)35-23(12-19-8-4-3-5-9-19)28(42)37-18-21-13-24(37)27(41)33-15-26(40)34-22(29(43)44)10-6-7-11-36(47(2,45)46)16-20(30)17-38(21)31;1-3-2/h3-5,8-9,17,21-24,32H,6-7,10-16,18,30-31H2,1-2H3,(H,33,41)(H,34,40)(H,35,39)(H,43,44);3H2,1-2H3/b20-17-;. The van der Waals surface area contributed by atoms with Crippen LogP contribution in [0.2, 0.25) is 0 Å². The minimum Gasteiger partial charge on any atom is -0.480 e. The van der Waals surface area contributed by atoms with Crippen molar-refractivity contribution in [2.75, 3.05) is 46.0 Å². The lowest BCUT2D eigenvalue weighted by molar-refractivity contribution is -0.142. The second-order valence-corrected chi connectivity index (χ2v) is 14.3. The van der Waals surface area contributed by atoms with Crippen molar-refractivity contribution in [3.8, 4) is 0 Å². The number of likely N-dealkylation sites (tertiary alicyclic amines) is 1. The van der Waals surface area contributed by atoms with E-state index < -0.39 is 70.3 Å². The average molecular weight is 724 g/mol. The van der Waals surface area contributed by atoms with Gasteiger partial charge >= 0.3 is 5.97 Å². The summed E-state index contributed by atoms with van der Waals surface area (Å²) in [7, 11) is -2.12. The van der Waals surface area contributed by atoms with Crippen molar-refractivity contribution in [1.82, 2.24) is 35.5 Å². The number of carbonyl (C=O) groups is 5. The Hall–Kier alpha value is -4.26. The van der Waals surface area contributed by atoms with E-state index >= 15 is 0 Å². The maximum absolute atomic E-state index is 14.1. The number of benzene rings is 1. The Morgan fingerprint density at radius 1 is 1.12 bits per heavy atom. The normalized spacial score (nSPS) is 23.1. The smallest absolute Gasteiger partial charge is 0.326 e. The molecule has 3 rings (SSSR count). The van der Waals surface area contributed by atoms with Gasteiger partial charge in [-0.25, -0.2) is 19.1 Å². The highest BCUT2D eigenvalue weighted by molar-refractivity contribution is 7.88. The van der Waals surface area contributed by atoms with E-state index in [-0.39, 0.29) is 57.6 Å². The van der Waals surface area contributed by atoms with Crippen LogP contribution in [0.25, 0.3) is 0 Å². The van der Waals surface area contributed by atoms with Gasteiger partial charge in [0.15, 0.2) is 0 Å². The summed E-state index contributed by atoms with van der Waals surface area (Å²) in [6, 6.07) is 4.91. The van der Waals surface area contributed by atoms with Crippen LogP contribution in [0.3, 0.4) is 0 Å². The summed E-state index contributed by atoms with van der Waals surface area (Å²) in [5, 5.41) is 21.2. The second-order valence-electron chi connectivity index (χ2n) is 12.4. The molecule has 2 heterocycles. The number of carbonyl (C=O) groups excluding carboxylic acids is 4. The van der Waals surface area contributed by atoms with Crippen molar-refractivity contribution in [3.05, 3.63) is 47.8 Å². The summed E-state index contributed by atoms with van der Waals surface area (Å²) in [4.78, 5) is 65.9. The van der Waals surface area contributed by atoms with Crippen LogP contribution in [-0.4, -0.2) is 128 Å². The number of nitrogens with two attached hydrogens (primary N) is 2. The zero-order chi connectivity index (χ0) is 37.4. The van der Waals surface area contributed by atoms with E-state index in [2.05, 4.69) is 35.1 Å². The molecule has 1 aromatic carbocycles. The number of carboxylic acids is 1. The third kappa shape index (κ3) is 13.6. The Morgan fingerprint density at radius 2 is 1.78 bits per heavy atom. The highest BCUT2D eigenvalue weighted by Crippen LogP contribution is 2.24. The summed E-state index contributed by atoms with van der Waals surface area (Å²) >= 11 is 0. The molecule has 0 saturated carbocycles. The molecular weight excluding hydrogens is 670 g/mol. The second kappa shape index (κ2) is 20.4. The van der Waals surface area contributed by atoms with E-state index in [1.165, 1.54) is 22.5 Å². The minimum absolute atomic E-state index is 0.00946. The Labute approximate surface area is 294 Å². The average Bonchev–Trinajstić information content (AvgIpc) is 3.50. The minimum atomic E-state index is -3.71. The Balaban J connectivity index is 0.00000278. The number of sulfonamides is 1. The predicted molar refractivity (Wildman–Crippen MR) is 187 cm³/mol. The highest BCUT2D eigenvalue weighted by Gasteiger charge is 2.43. The van der Waals surface area contributed by atoms with Crippen molar-refractivity contribution >= 4 is 39.6 Å². The van der Waals surface area contributed by atoms with E-state index in [4.69, 9.17) is 11.6 Å². The first-order chi connectivity index (χ1) is 23.6. The lowest BCUT2D eigenvalue weighted by Gasteiger charge is -2.29. The number of nitrogens with one attached hydrogen (secondary N) is 4. The number of aliphatic carboxylic acids is 1. The van der Waals surface area contributed by atoms with Gasteiger partial charge < -0.3 is 42.0 Å². The maximum atomic E-state index is 14.1. The Kier molecular flexibility index (Phi) is 17.1. The van der Waals surface area contributed by atoms with Crippen molar-refractivity contribution in [1.29, 1.82) is 0 Å². The number of hydrogen-bond donors (Lipinski definition) is 7. The van der Waals surface area contributed by atoms with Crippen LogP contribution in [0.1, 0.15) is 51.5 Å². The molecule has 0 aliphatic carbocycles. The molecule has 50 heavy (non-hydrogen) atoms. The molecular formula is C32H53N9O8S. The summed E-state index contributed by atoms with van der Waals surface area (Å²) in [5.74, 6) is 2.63. The first-order valence-corrected chi connectivity index (χ1v) is 18.5. The van der Waals surface area contributed by atoms with Gasteiger partial charge in [-0.2, -0.15) is 4.31 Å². The van der Waals surface area contributed by atoms with Crippen LogP contribution in [0, 0.1) is 0 Å². The zero-order valence-electron chi connectivity index (χ0n) is 29.3. The van der Waals surface area contributed by atoms with E-state index in [1.54, 1.807) is 31.3 Å². The molecule has 2 aliphatic heterocycles. The molecule has 1 fully saturated rings. The maximum Gasteiger partial charge on any atom is 0.326 e. The molecule has 1 aromatic rings. The molecule has 280 valence electrons. The van der Waals surface area contributed by atoms with Crippen LogP contribution in [-0.2, 0) is 40.4 Å². The van der Waals surface area contributed by atoms with Crippen LogP contribution in [0.4, 0.5) is 0 Å². The molecule has 4 unspecified atom stereocenters. The van der Waals surface area contributed by atoms with E-state index in [0.29, 0.717) is 6.42 Å². The molecule has 1 saturated heterocycles. The third-order valence-electron chi connectivity index (χ3n) is 7.89. The highest BCUT2D eigenvalue weighted by atomic mass is 32.2. The van der Waals surface area contributed by atoms with Crippen LogP contribution >= 0.6 is 0 Å². The summed E-state index contributed by atoms with van der Waals surface area (Å²) in [5.41, 5.74) is 7.07. The van der Waals surface area contributed by atoms with E-state index in [0.717, 1.165) is 16.1 Å². The number of nitrogens with zero attached hydrogens (tertiary/aromatic N) is 3. The SMILES string of the molecule is CCC.CNCC(=O)NC(Cc1ccccc1)C(=O)N1CC2CC1C(=O)NCC(=O)NC(C(=O)O)CCCCN(S(C)(=O)=O)C/C(N)=C/N2N. The van der Waals surface area contributed by atoms with Gasteiger partial charge in [0.1, 0.15) is 18.1 Å². The molecule has 4 amide bonds. The predicted octanol–water partition coefficient (Wildman–Crippen LogP) is -1.57. The fourth-order valence-corrected chi connectivity index (χ4v) is 6.35. The number of amides is 4. The van der Waals surface area contributed by atoms with Gasteiger partial charge in [0.25, 0.3) is 0 Å². The molecule has 2 bridgehead atoms. The largest absolute Gasteiger partial charge is 0.480 e. The fraction of sp³-hybridized carbons (Fsp3) is 0.594. The monoisotopic (exact) mass is 723 g/mol. The van der Waals surface area contributed by atoms with Crippen LogP contribution in [0.5, 0.6) is 0 Å². The lowest BCUT2D eigenvalue weighted by atomic mass is 10.0. The Bertz CT molecular complexity index is 1440. The van der Waals surface area contributed by atoms with Crippen molar-refractivity contribution in [2.24, 2.45) is 11.6 Å². The summed E-state index contributed by atoms with van der Waals surface area (Å²) < 4.78 is 26.1. The van der Waals surface area contributed by atoms with Crippen LogP contribution < -0.4 is 32.8 Å². The van der Waals surface area contributed by atoms with Crippen molar-refractivity contribution < 1.29 is 37.5 Å². The molecule has 2 aliphatic rings. The summed E-state index contributed by atoms with van der Waals surface area (Å²) in [6.07, 6.45) is 4.34. The first-order valence-electron chi connectivity index (χ1n) is 16.6. The number of fused-ring (bicyclic) bond motifs is 2. The molecule has 18 heteroatoms. The molecule has 4 atom stereocenters. The topological polar surface area (TPSA) is 250 Å². The number of likely N-dealkylation sites (N-methyl/N-ethyl adjacent to an activating group) is 1. The van der Waals surface area contributed by atoms with E-state index in [1.807, 2.05) is 6.07 Å². The third-order valence-corrected chi connectivity index (χ3v) is 9.14. The quantitative estimate of drug-likeness (QED) is 0.150. The van der Waals surface area contributed by atoms with Gasteiger partial charge in [0.2, 0.25) is 33.7 Å². The van der Waals surface area contributed by atoms with Crippen LogP contribution in [0.15, 0.2) is 42.2 Å². The molecule has 17 nitrogen and oxygen atoms in total. The van der Waals surface area contributed by atoms with Crippen molar-refractivity contribution in [2.45, 2.75) is 76.5 Å². The van der Waals surface area contributed by atoms with Gasteiger partial charge in [0, 0.05) is 37.8 Å². The number of hydrazine groups is 1.